The third-order valence-corrected chi connectivity index (χ3v) is 5.91. The van der Waals surface area contributed by atoms with E-state index in [2.05, 4.69) is 15.5 Å². The van der Waals surface area contributed by atoms with Gasteiger partial charge in [-0.05, 0) is 44.0 Å². The van der Waals surface area contributed by atoms with Crippen LogP contribution in [0.4, 0.5) is 0 Å². The Morgan fingerprint density at radius 1 is 1.06 bits per heavy atom. The van der Waals surface area contributed by atoms with Gasteiger partial charge in [0.1, 0.15) is 6.04 Å². The van der Waals surface area contributed by atoms with E-state index in [4.69, 9.17) is 11.6 Å². The fourth-order valence-electron chi connectivity index (χ4n) is 3.89. The molecule has 0 spiro atoms. The predicted octanol–water partition coefficient (Wildman–Crippen LogP) is 4.12. The normalized spacial score (nSPS) is 12.1. The minimum atomic E-state index is -0.754. The van der Waals surface area contributed by atoms with Crippen molar-refractivity contribution in [2.24, 2.45) is 0 Å². The summed E-state index contributed by atoms with van der Waals surface area (Å²) in [6.45, 7) is 5.86. The van der Waals surface area contributed by atoms with Crippen molar-refractivity contribution in [3.63, 3.8) is 0 Å². The summed E-state index contributed by atoms with van der Waals surface area (Å²) in [4.78, 5) is 26.3. The first-order chi connectivity index (χ1) is 15.4. The van der Waals surface area contributed by atoms with Crippen LogP contribution in [0.1, 0.15) is 36.3 Å². The van der Waals surface area contributed by atoms with E-state index < -0.39 is 6.04 Å². The third kappa shape index (κ3) is 3.91. The van der Waals surface area contributed by atoms with Gasteiger partial charge in [0.05, 0.1) is 22.5 Å². The van der Waals surface area contributed by atoms with Gasteiger partial charge in [-0.15, -0.1) is 0 Å². The van der Waals surface area contributed by atoms with Crippen molar-refractivity contribution < 1.29 is 4.79 Å². The molecule has 0 radical (unpaired) electrons. The molecular formula is C24H24ClN5O2. The number of amides is 1. The first kappa shape index (κ1) is 21.8. The van der Waals surface area contributed by atoms with E-state index in [0.717, 1.165) is 16.9 Å². The number of fused-ring (bicyclic) bond motifs is 1. The molecule has 2 aromatic heterocycles. The molecule has 8 heteroatoms. The Bertz CT molecular complexity index is 1340. The van der Waals surface area contributed by atoms with Gasteiger partial charge in [0.15, 0.2) is 5.52 Å². The van der Waals surface area contributed by atoms with Crippen molar-refractivity contribution >= 4 is 28.4 Å². The second-order valence-electron chi connectivity index (χ2n) is 7.62. The van der Waals surface area contributed by atoms with Gasteiger partial charge in [0.25, 0.3) is 5.56 Å². The number of hydrogen-bond donors (Lipinski definition) is 1. The summed E-state index contributed by atoms with van der Waals surface area (Å²) in [6, 6.07) is 16.2. The molecule has 164 valence electrons. The molecule has 0 saturated carbocycles. The lowest BCUT2D eigenvalue weighted by Gasteiger charge is -2.17. The van der Waals surface area contributed by atoms with Gasteiger partial charge in [0.2, 0.25) is 5.91 Å². The Hall–Kier alpha value is -3.45. The molecular weight excluding hydrogens is 426 g/mol. The Morgan fingerprint density at radius 3 is 2.44 bits per heavy atom. The Kier molecular flexibility index (Phi) is 6.10. The summed E-state index contributed by atoms with van der Waals surface area (Å²) >= 11 is 6.19. The van der Waals surface area contributed by atoms with Crippen LogP contribution >= 0.6 is 11.6 Å². The van der Waals surface area contributed by atoms with Crippen LogP contribution in [-0.2, 0) is 11.3 Å². The maximum Gasteiger partial charge on any atom is 0.295 e. The molecule has 0 aliphatic carbocycles. The Labute approximate surface area is 190 Å². The molecule has 2 heterocycles. The van der Waals surface area contributed by atoms with Crippen molar-refractivity contribution in [2.75, 3.05) is 0 Å². The van der Waals surface area contributed by atoms with Crippen LogP contribution in [0.25, 0.3) is 16.6 Å². The molecule has 7 nitrogen and oxygen atoms in total. The summed E-state index contributed by atoms with van der Waals surface area (Å²) in [5.41, 5.74) is 3.06. The number of hydrogen-bond acceptors (Lipinski definition) is 4. The first-order valence-corrected chi connectivity index (χ1v) is 10.9. The SMILES string of the molecule is CC[C@@H](C(=O)NCc1ccccc1Cl)n1nc(C)c2c(C)n(-c3ccccc3)nc2c1=O. The van der Waals surface area contributed by atoms with Crippen LogP contribution in [-0.4, -0.2) is 25.5 Å². The minimum absolute atomic E-state index is 0.271. The number of benzene rings is 2. The van der Waals surface area contributed by atoms with Crippen LogP contribution in [0, 0.1) is 13.8 Å². The summed E-state index contributed by atoms with van der Waals surface area (Å²) < 4.78 is 2.99. The number of para-hydroxylation sites is 1. The highest BCUT2D eigenvalue weighted by Crippen LogP contribution is 2.22. The maximum atomic E-state index is 13.3. The van der Waals surface area contributed by atoms with Crippen molar-refractivity contribution in [3.8, 4) is 5.69 Å². The zero-order chi connectivity index (χ0) is 22.8. The van der Waals surface area contributed by atoms with E-state index >= 15 is 0 Å². The topological polar surface area (TPSA) is 81.8 Å². The summed E-state index contributed by atoms with van der Waals surface area (Å²) in [6.07, 6.45) is 0.407. The molecule has 0 aliphatic rings. The van der Waals surface area contributed by atoms with E-state index in [1.54, 1.807) is 10.7 Å². The molecule has 0 bridgehead atoms. The molecule has 2 aromatic carbocycles. The number of nitrogens with one attached hydrogen (secondary N) is 1. The first-order valence-electron chi connectivity index (χ1n) is 10.5. The van der Waals surface area contributed by atoms with Gasteiger partial charge in [-0.25, -0.2) is 9.36 Å². The monoisotopic (exact) mass is 449 g/mol. The molecule has 1 amide bonds. The zero-order valence-electron chi connectivity index (χ0n) is 18.2. The summed E-state index contributed by atoms with van der Waals surface area (Å²) in [5.74, 6) is -0.292. The fourth-order valence-corrected chi connectivity index (χ4v) is 4.10. The number of carbonyl (C=O) groups is 1. The van der Waals surface area contributed by atoms with Gasteiger partial charge in [-0.3, -0.25) is 9.59 Å². The van der Waals surface area contributed by atoms with Crippen LogP contribution in [0.15, 0.2) is 59.4 Å². The predicted molar refractivity (Wildman–Crippen MR) is 125 cm³/mol. The highest BCUT2D eigenvalue weighted by atomic mass is 35.5. The smallest absolute Gasteiger partial charge is 0.295 e. The van der Waals surface area contributed by atoms with Crippen molar-refractivity contribution in [3.05, 3.63) is 86.9 Å². The lowest BCUT2D eigenvalue weighted by Crippen LogP contribution is -2.38. The van der Waals surface area contributed by atoms with Gasteiger partial charge in [0, 0.05) is 11.6 Å². The summed E-state index contributed by atoms with van der Waals surface area (Å²) in [7, 11) is 0. The van der Waals surface area contributed by atoms with Gasteiger partial charge < -0.3 is 5.32 Å². The van der Waals surface area contributed by atoms with Crippen molar-refractivity contribution in [1.82, 2.24) is 24.9 Å². The standard InChI is InChI=1S/C24H24ClN5O2/c1-4-20(23(31)26-14-17-10-8-9-13-19(17)25)30-24(32)22-21(15(2)27-30)16(3)29(28-22)18-11-6-5-7-12-18/h5-13,20H,4,14H2,1-3H3,(H,26,31)/t20-/m0/s1. The molecule has 1 N–H and O–H groups in total. The van der Waals surface area contributed by atoms with Crippen LogP contribution in [0.3, 0.4) is 0 Å². The largest absolute Gasteiger partial charge is 0.350 e. The van der Waals surface area contributed by atoms with Crippen molar-refractivity contribution in [1.29, 1.82) is 0 Å². The number of aromatic nitrogens is 4. The number of nitrogens with zero attached hydrogens (tertiary/aromatic N) is 4. The number of halogens is 1. The molecule has 4 rings (SSSR count). The van der Waals surface area contributed by atoms with Crippen LogP contribution in [0.2, 0.25) is 5.02 Å². The maximum absolute atomic E-state index is 13.3. The lowest BCUT2D eigenvalue weighted by molar-refractivity contribution is -0.125. The van der Waals surface area contributed by atoms with Crippen molar-refractivity contribution in [2.45, 2.75) is 39.8 Å². The quantitative estimate of drug-likeness (QED) is 0.480. The van der Waals surface area contributed by atoms with E-state index in [9.17, 15) is 9.59 Å². The molecule has 1 atom stereocenters. The highest BCUT2D eigenvalue weighted by Gasteiger charge is 2.25. The number of carbonyl (C=O) groups excluding carboxylic acids is 1. The third-order valence-electron chi connectivity index (χ3n) is 5.54. The van der Waals surface area contributed by atoms with E-state index in [0.29, 0.717) is 28.0 Å². The Balaban J connectivity index is 1.71. The second-order valence-corrected chi connectivity index (χ2v) is 8.03. The average Bonchev–Trinajstić information content (AvgIpc) is 3.15. The van der Waals surface area contributed by atoms with Gasteiger partial charge in [-0.1, -0.05) is 54.9 Å². The Morgan fingerprint density at radius 2 is 1.75 bits per heavy atom. The minimum Gasteiger partial charge on any atom is -0.350 e. The van der Waals surface area contributed by atoms with Crippen LogP contribution in [0.5, 0.6) is 0 Å². The molecule has 0 saturated heterocycles. The molecule has 0 unspecified atom stereocenters. The average molecular weight is 450 g/mol. The number of aryl methyl sites for hydroxylation is 2. The molecule has 0 fully saturated rings. The van der Waals surface area contributed by atoms with Gasteiger partial charge >= 0.3 is 0 Å². The zero-order valence-corrected chi connectivity index (χ0v) is 18.9. The van der Waals surface area contributed by atoms with E-state index in [-0.39, 0.29) is 18.0 Å². The molecule has 4 aromatic rings. The summed E-state index contributed by atoms with van der Waals surface area (Å²) in [5, 5.41) is 13.2. The number of rotatable bonds is 6. The second kappa shape index (κ2) is 8.96. The highest BCUT2D eigenvalue weighted by molar-refractivity contribution is 6.31. The van der Waals surface area contributed by atoms with Gasteiger partial charge in [-0.2, -0.15) is 10.2 Å². The molecule has 0 aliphatic heterocycles. The molecule has 32 heavy (non-hydrogen) atoms. The van der Waals surface area contributed by atoms with Crippen LogP contribution < -0.4 is 10.9 Å². The van der Waals surface area contributed by atoms with E-state index in [1.165, 1.54) is 4.68 Å². The van der Waals surface area contributed by atoms with E-state index in [1.807, 2.05) is 69.3 Å². The lowest BCUT2D eigenvalue weighted by atomic mass is 10.1. The fraction of sp³-hybridized carbons (Fsp3) is 0.250.